The number of nitrogens with zero attached hydrogens (tertiary/aromatic N) is 2. The first-order chi connectivity index (χ1) is 13.2. The summed E-state index contributed by atoms with van der Waals surface area (Å²) in [6.07, 6.45) is 1.21. The minimum Gasteiger partial charge on any atom is -0.493 e. The van der Waals surface area contributed by atoms with Gasteiger partial charge in [0.2, 0.25) is 5.91 Å². The lowest BCUT2D eigenvalue weighted by atomic mass is 10.3. The molecule has 0 N–H and O–H groups in total. The Hall–Kier alpha value is -2.54. The van der Waals surface area contributed by atoms with Crippen molar-refractivity contribution < 1.29 is 19.1 Å². The van der Waals surface area contributed by atoms with Gasteiger partial charge < -0.3 is 19.3 Å². The molecule has 0 aliphatic carbocycles. The summed E-state index contributed by atoms with van der Waals surface area (Å²) in [5, 5.41) is 1.98. The van der Waals surface area contributed by atoms with Crippen LogP contribution in [0, 0.1) is 0 Å². The molecule has 144 valence electrons. The quantitative estimate of drug-likeness (QED) is 0.763. The zero-order valence-electron chi connectivity index (χ0n) is 15.4. The molecule has 1 aromatic heterocycles. The van der Waals surface area contributed by atoms with Crippen molar-refractivity contribution in [2.75, 3.05) is 39.9 Å². The topological polar surface area (TPSA) is 59.1 Å². The molecule has 2 heterocycles. The fourth-order valence-corrected chi connectivity index (χ4v) is 3.75. The van der Waals surface area contributed by atoms with Crippen molar-refractivity contribution in [3.63, 3.8) is 0 Å². The summed E-state index contributed by atoms with van der Waals surface area (Å²) in [5.74, 6) is 1.20. The van der Waals surface area contributed by atoms with E-state index in [-0.39, 0.29) is 18.4 Å². The van der Waals surface area contributed by atoms with Crippen LogP contribution in [-0.4, -0.2) is 61.5 Å². The summed E-state index contributed by atoms with van der Waals surface area (Å²) >= 11 is 1.59. The van der Waals surface area contributed by atoms with Gasteiger partial charge in [-0.05, 0) is 30.0 Å². The Morgan fingerprint density at radius 3 is 2.33 bits per heavy atom. The number of ether oxygens (including phenoxy) is 2. The van der Waals surface area contributed by atoms with Gasteiger partial charge in [0.15, 0.2) is 18.1 Å². The standard InChI is InChI=1S/C20H24N2O4S/c1-25-17-7-2-3-8-18(17)26-15-20(24)22-10-5-9-21(11-12-22)19(23)14-16-6-4-13-27-16/h2-4,6-8,13H,5,9-12,14-15H2,1H3. The van der Waals surface area contributed by atoms with Crippen molar-refractivity contribution in [1.29, 1.82) is 0 Å². The fourth-order valence-electron chi connectivity index (χ4n) is 3.06. The van der Waals surface area contributed by atoms with E-state index in [1.165, 1.54) is 0 Å². The highest BCUT2D eigenvalue weighted by Gasteiger charge is 2.22. The number of carbonyl (C=O) groups is 2. The monoisotopic (exact) mass is 388 g/mol. The van der Waals surface area contributed by atoms with E-state index in [1.54, 1.807) is 35.5 Å². The van der Waals surface area contributed by atoms with Crippen LogP contribution in [0.2, 0.25) is 0 Å². The largest absolute Gasteiger partial charge is 0.493 e. The molecule has 3 rings (SSSR count). The van der Waals surface area contributed by atoms with Crippen LogP contribution in [-0.2, 0) is 16.0 Å². The van der Waals surface area contributed by atoms with Crippen molar-refractivity contribution in [3.8, 4) is 11.5 Å². The lowest BCUT2D eigenvalue weighted by Crippen LogP contribution is -2.39. The van der Waals surface area contributed by atoms with Gasteiger partial charge in [-0.2, -0.15) is 0 Å². The van der Waals surface area contributed by atoms with Crippen LogP contribution in [0.5, 0.6) is 11.5 Å². The highest BCUT2D eigenvalue weighted by atomic mass is 32.1. The third-order valence-corrected chi connectivity index (χ3v) is 5.40. The highest BCUT2D eigenvalue weighted by Crippen LogP contribution is 2.25. The molecular weight excluding hydrogens is 364 g/mol. The third-order valence-electron chi connectivity index (χ3n) is 4.53. The first kappa shape index (κ1) is 19.2. The minimum atomic E-state index is -0.0755. The number of rotatable bonds is 6. The van der Waals surface area contributed by atoms with Crippen LogP contribution >= 0.6 is 11.3 Å². The Bertz CT molecular complexity index is 763. The SMILES string of the molecule is COc1ccccc1OCC(=O)N1CCCN(C(=O)Cc2cccs2)CC1. The first-order valence-electron chi connectivity index (χ1n) is 9.01. The summed E-state index contributed by atoms with van der Waals surface area (Å²) < 4.78 is 10.9. The molecular formula is C20H24N2O4S. The minimum absolute atomic E-state index is 0.0382. The van der Waals surface area contributed by atoms with E-state index in [2.05, 4.69) is 0 Å². The third kappa shape index (κ3) is 5.23. The van der Waals surface area contributed by atoms with Crippen LogP contribution in [0.1, 0.15) is 11.3 Å². The Morgan fingerprint density at radius 1 is 0.963 bits per heavy atom. The van der Waals surface area contributed by atoms with Gasteiger partial charge in [-0.15, -0.1) is 11.3 Å². The van der Waals surface area contributed by atoms with E-state index in [9.17, 15) is 9.59 Å². The van der Waals surface area contributed by atoms with E-state index < -0.39 is 0 Å². The second kappa shape index (κ2) is 9.41. The predicted octanol–water partition coefficient (Wildman–Crippen LogP) is 2.44. The molecule has 1 aliphatic heterocycles. The number of thiophene rings is 1. The molecule has 1 aromatic carbocycles. The van der Waals surface area contributed by atoms with Gasteiger partial charge in [0.25, 0.3) is 5.91 Å². The van der Waals surface area contributed by atoms with E-state index in [1.807, 2.05) is 34.5 Å². The van der Waals surface area contributed by atoms with Gasteiger partial charge in [0.05, 0.1) is 13.5 Å². The van der Waals surface area contributed by atoms with Crippen LogP contribution < -0.4 is 9.47 Å². The van der Waals surface area contributed by atoms with Gasteiger partial charge in [-0.1, -0.05) is 18.2 Å². The highest BCUT2D eigenvalue weighted by molar-refractivity contribution is 7.10. The number of hydrogen-bond acceptors (Lipinski definition) is 5. The maximum atomic E-state index is 12.5. The Balaban J connectivity index is 1.49. The number of hydrogen-bond donors (Lipinski definition) is 0. The second-order valence-electron chi connectivity index (χ2n) is 6.31. The lowest BCUT2D eigenvalue weighted by Gasteiger charge is -2.22. The van der Waals surface area contributed by atoms with Gasteiger partial charge in [0, 0.05) is 31.1 Å². The number of para-hydroxylation sites is 2. The van der Waals surface area contributed by atoms with E-state index in [4.69, 9.17) is 9.47 Å². The molecule has 1 fully saturated rings. The normalized spacial score (nSPS) is 14.6. The second-order valence-corrected chi connectivity index (χ2v) is 7.34. The molecule has 0 atom stereocenters. The Kier molecular flexibility index (Phi) is 6.70. The molecule has 0 saturated carbocycles. The molecule has 0 radical (unpaired) electrons. The molecule has 0 spiro atoms. The molecule has 2 aromatic rings. The molecule has 6 nitrogen and oxygen atoms in total. The molecule has 7 heteroatoms. The maximum Gasteiger partial charge on any atom is 0.260 e. The van der Waals surface area contributed by atoms with Crippen molar-refractivity contribution in [2.45, 2.75) is 12.8 Å². The number of methoxy groups -OCH3 is 1. The van der Waals surface area contributed by atoms with Crippen molar-refractivity contribution in [1.82, 2.24) is 9.80 Å². The van der Waals surface area contributed by atoms with Crippen LogP contribution in [0.4, 0.5) is 0 Å². The zero-order valence-corrected chi connectivity index (χ0v) is 16.2. The summed E-state index contributed by atoms with van der Waals surface area (Å²) in [6.45, 7) is 2.37. The predicted molar refractivity (Wildman–Crippen MR) is 104 cm³/mol. The van der Waals surface area contributed by atoms with Crippen LogP contribution in [0.3, 0.4) is 0 Å². The van der Waals surface area contributed by atoms with Crippen LogP contribution in [0.25, 0.3) is 0 Å². The average Bonchev–Trinajstić information content (AvgIpc) is 3.07. The molecule has 27 heavy (non-hydrogen) atoms. The van der Waals surface area contributed by atoms with E-state index in [0.29, 0.717) is 44.1 Å². The zero-order chi connectivity index (χ0) is 19.1. The number of benzene rings is 1. The Labute approximate surface area is 163 Å². The van der Waals surface area contributed by atoms with E-state index >= 15 is 0 Å². The average molecular weight is 388 g/mol. The molecule has 0 bridgehead atoms. The maximum absolute atomic E-state index is 12.5. The smallest absolute Gasteiger partial charge is 0.260 e. The van der Waals surface area contributed by atoms with E-state index in [0.717, 1.165) is 11.3 Å². The van der Waals surface area contributed by atoms with Crippen molar-refractivity contribution in [3.05, 3.63) is 46.7 Å². The molecule has 1 aliphatic rings. The van der Waals surface area contributed by atoms with Crippen molar-refractivity contribution >= 4 is 23.2 Å². The van der Waals surface area contributed by atoms with Crippen LogP contribution in [0.15, 0.2) is 41.8 Å². The fraction of sp³-hybridized carbons (Fsp3) is 0.400. The summed E-state index contributed by atoms with van der Waals surface area (Å²) in [4.78, 5) is 29.7. The van der Waals surface area contributed by atoms with Gasteiger partial charge >= 0.3 is 0 Å². The van der Waals surface area contributed by atoms with Gasteiger partial charge in [-0.25, -0.2) is 0 Å². The van der Waals surface area contributed by atoms with Gasteiger partial charge in [0.1, 0.15) is 0 Å². The Morgan fingerprint density at radius 2 is 1.67 bits per heavy atom. The number of carbonyl (C=O) groups excluding carboxylic acids is 2. The summed E-state index contributed by atoms with van der Waals surface area (Å²) in [7, 11) is 1.57. The lowest BCUT2D eigenvalue weighted by molar-refractivity contribution is -0.134. The molecule has 0 unspecified atom stereocenters. The first-order valence-corrected chi connectivity index (χ1v) is 9.89. The summed E-state index contributed by atoms with van der Waals surface area (Å²) in [6, 6.07) is 11.2. The molecule has 2 amide bonds. The van der Waals surface area contributed by atoms with Gasteiger partial charge in [-0.3, -0.25) is 9.59 Å². The molecule has 1 saturated heterocycles. The number of amides is 2. The summed E-state index contributed by atoms with van der Waals surface area (Å²) in [5.41, 5.74) is 0. The van der Waals surface area contributed by atoms with Crippen molar-refractivity contribution in [2.24, 2.45) is 0 Å².